The Morgan fingerprint density at radius 2 is 0.639 bits per heavy atom. The van der Waals surface area contributed by atoms with E-state index in [0.717, 1.165) is 96.3 Å². The van der Waals surface area contributed by atoms with Crippen LogP contribution in [-0.2, 0) is 28.6 Å². The number of unbranched alkanes of at least 4 members (excludes halogenated alkanes) is 28. The second-order valence-electron chi connectivity index (χ2n) is 17.4. The van der Waals surface area contributed by atoms with Crippen molar-refractivity contribution in [3.63, 3.8) is 0 Å². The third-order valence-electron chi connectivity index (χ3n) is 11.3. The fourth-order valence-electron chi connectivity index (χ4n) is 7.39. The van der Waals surface area contributed by atoms with Crippen molar-refractivity contribution >= 4 is 17.9 Å². The maximum atomic E-state index is 12.8. The van der Waals surface area contributed by atoms with Crippen LogP contribution in [0.25, 0.3) is 0 Å². The lowest BCUT2D eigenvalue weighted by atomic mass is 10.1. The Balaban J connectivity index is 4.37. The van der Waals surface area contributed by atoms with Gasteiger partial charge in [-0.1, -0.05) is 217 Å². The molecule has 0 aliphatic rings. The molecule has 0 amide bonds. The summed E-state index contributed by atoms with van der Waals surface area (Å²) in [5.41, 5.74) is 0. The van der Waals surface area contributed by atoms with Gasteiger partial charge in [0.1, 0.15) is 13.2 Å². The van der Waals surface area contributed by atoms with Gasteiger partial charge in [0.05, 0.1) is 0 Å². The normalized spacial score (nSPS) is 12.4. The zero-order valence-electron chi connectivity index (χ0n) is 40.4. The third kappa shape index (κ3) is 48.3. The molecular weight excluding hydrogens is 757 g/mol. The zero-order chi connectivity index (χ0) is 44.4. The lowest BCUT2D eigenvalue weighted by molar-refractivity contribution is -0.167. The molecule has 0 saturated carbocycles. The predicted molar refractivity (Wildman–Crippen MR) is 261 cm³/mol. The molecule has 0 spiro atoms. The van der Waals surface area contributed by atoms with Gasteiger partial charge in [-0.3, -0.25) is 14.4 Å². The van der Waals surface area contributed by atoms with Crippen molar-refractivity contribution < 1.29 is 28.6 Å². The SMILES string of the molecule is CC/C=C\C/C=C\C/C=C\CCCCCCCC(=O)OC(COC(=O)CCCCCCCCC/C=C\CCCCCCCC)COC(=O)CCCCCCCCCCCCC. The van der Waals surface area contributed by atoms with Crippen LogP contribution in [0.3, 0.4) is 0 Å². The molecule has 354 valence electrons. The van der Waals surface area contributed by atoms with Crippen LogP contribution in [0.4, 0.5) is 0 Å². The number of ether oxygens (including phenoxy) is 3. The average Bonchev–Trinajstić information content (AvgIpc) is 3.26. The Morgan fingerprint density at radius 1 is 0.344 bits per heavy atom. The largest absolute Gasteiger partial charge is 0.462 e. The molecule has 0 aromatic rings. The summed E-state index contributed by atoms with van der Waals surface area (Å²) in [6, 6.07) is 0. The zero-order valence-corrected chi connectivity index (χ0v) is 40.4. The van der Waals surface area contributed by atoms with Crippen LogP contribution in [0.2, 0.25) is 0 Å². The molecule has 0 aliphatic carbocycles. The van der Waals surface area contributed by atoms with E-state index in [4.69, 9.17) is 14.2 Å². The van der Waals surface area contributed by atoms with Crippen LogP contribution in [0.5, 0.6) is 0 Å². The molecule has 0 N–H and O–H groups in total. The molecule has 0 aromatic carbocycles. The first-order chi connectivity index (χ1) is 30.0. The third-order valence-corrected chi connectivity index (χ3v) is 11.3. The van der Waals surface area contributed by atoms with Crippen LogP contribution in [0, 0.1) is 0 Å². The van der Waals surface area contributed by atoms with E-state index in [2.05, 4.69) is 69.4 Å². The summed E-state index contributed by atoms with van der Waals surface area (Å²) in [7, 11) is 0. The van der Waals surface area contributed by atoms with Crippen molar-refractivity contribution in [2.45, 2.75) is 271 Å². The van der Waals surface area contributed by atoms with Crippen molar-refractivity contribution in [2.24, 2.45) is 0 Å². The van der Waals surface area contributed by atoms with E-state index in [1.54, 1.807) is 0 Å². The molecule has 0 rings (SSSR count). The molecule has 6 heteroatoms. The van der Waals surface area contributed by atoms with E-state index in [1.807, 2.05) is 0 Å². The van der Waals surface area contributed by atoms with Crippen LogP contribution in [0.15, 0.2) is 48.6 Å². The van der Waals surface area contributed by atoms with Gasteiger partial charge in [-0.05, 0) is 77.0 Å². The standard InChI is InChI=1S/C55H98O6/c1-4-7-10-13-16-19-22-24-26-27-29-30-33-36-39-42-45-48-54(57)60-51-52(50-59-53(56)47-44-41-38-35-32-21-18-15-12-9-6-3)61-55(58)49-46-43-40-37-34-31-28-25-23-20-17-14-11-8-5-2/h8,11,17,20,24-26,28,52H,4-7,9-10,12-16,18-19,21-23,27,29-51H2,1-3H3/b11-8-,20-17-,26-24-,28-25-. The molecule has 0 aromatic heterocycles. The van der Waals surface area contributed by atoms with Crippen molar-refractivity contribution in [2.75, 3.05) is 13.2 Å². The number of esters is 3. The predicted octanol–water partition coefficient (Wildman–Crippen LogP) is 17.1. The van der Waals surface area contributed by atoms with Crippen LogP contribution < -0.4 is 0 Å². The van der Waals surface area contributed by atoms with E-state index in [-0.39, 0.29) is 31.1 Å². The number of carbonyl (C=O) groups excluding carboxylic acids is 3. The Labute approximate surface area is 378 Å². The Kier molecular flexibility index (Phi) is 47.9. The summed E-state index contributed by atoms with van der Waals surface area (Å²) in [5, 5.41) is 0. The summed E-state index contributed by atoms with van der Waals surface area (Å²) < 4.78 is 16.8. The van der Waals surface area contributed by atoms with E-state index >= 15 is 0 Å². The van der Waals surface area contributed by atoms with Crippen LogP contribution >= 0.6 is 0 Å². The number of rotatable bonds is 47. The van der Waals surface area contributed by atoms with Crippen molar-refractivity contribution in [1.82, 2.24) is 0 Å². The molecule has 6 nitrogen and oxygen atoms in total. The molecule has 0 aliphatic heterocycles. The highest BCUT2D eigenvalue weighted by atomic mass is 16.6. The minimum atomic E-state index is -0.780. The molecule has 0 bridgehead atoms. The molecule has 0 saturated heterocycles. The Bertz CT molecular complexity index is 1070. The Morgan fingerprint density at radius 3 is 1.02 bits per heavy atom. The number of allylic oxidation sites excluding steroid dienone is 8. The van der Waals surface area contributed by atoms with Gasteiger partial charge >= 0.3 is 17.9 Å². The van der Waals surface area contributed by atoms with E-state index in [1.165, 1.54) is 128 Å². The minimum absolute atomic E-state index is 0.0793. The van der Waals surface area contributed by atoms with Gasteiger partial charge in [-0.15, -0.1) is 0 Å². The maximum absolute atomic E-state index is 12.8. The summed E-state index contributed by atoms with van der Waals surface area (Å²) in [6.07, 6.45) is 59.5. The first-order valence-electron chi connectivity index (χ1n) is 26.1. The summed E-state index contributed by atoms with van der Waals surface area (Å²) in [4.78, 5) is 37.9. The number of hydrogen-bond donors (Lipinski definition) is 0. The second-order valence-corrected chi connectivity index (χ2v) is 17.4. The summed E-state index contributed by atoms with van der Waals surface area (Å²) in [6.45, 7) is 6.51. The Hall–Kier alpha value is -2.63. The molecule has 1 atom stereocenters. The smallest absolute Gasteiger partial charge is 0.306 e. The first-order valence-corrected chi connectivity index (χ1v) is 26.1. The van der Waals surface area contributed by atoms with Gasteiger partial charge in [0.2, 0.25) is 0 Å². The number of carbonyl (C=O) groups is 3. The van der Waals surface area contributed by atoms with Gasteiger partial charge in [-0.25, -0.2) is 0 Å². The van der Waals surface area contributed by atoms with Crippen LogP contribution in [0.1, 0.15) is 265 Å². The van der Waals surface area contributed by atoms with Crippen molar-refractivity contribution in [3.8, 4) is 0 Å². The average molecular weight is 855 g/mol. The fourth-order valence-corrected chi connectivity index (χ4v) is 7.39. The molecule has 1 unspecified atom stereocenters. The topological polar surface area (TPSA) is 78.9 Å². The second kappa shape index (κ2) is 50.0. The monoisotopic (exact) mass is 855 g/mol. The van der Waals surface area contributed by atoms with Gasteiger partial charge in [0.25, 0.3) is 0 Å². The number of hydrogen-bond acceptors (Lipinski definition) is 6. The maximum Gasteiger partial charge on any atom is 0.306 e. The van der Waals surface area contributed by atoms with Gasteiger partial charge < -0.3 is 14.2 Å². The van der Waals surface area contributed by atoms with E-state index in [9.17, 15) is 14.4 Å². The van der Waals surface area contributed by atoms with E-state index < -0.39 is 6.10 Å². The molecular formula is C55H98O6. The summed E-state index contributed by atoms with van der Waals surface area (Å²) in [5.74, 6) is -0.894. The highest BCUT2D eigenvalue weighted by molar-refractivity contribution is 5.71. The van der Waals surface area contributed by atoms with Gasteiger partial charge in [0.15, 0.2) is 6.10 Å². The quantitative estimate of drug-likeness (QED) is 0.0263. The molecule has 0 fully saturated rings. The fraction of sp³-hybridized carbons (Fsp3) is 0.800. The molecule has 0 heterocycles. The van der Waals surface area contributed by atoms with Gasteiger partial charge in [-0.2, -0.15) is 0 Å². The highest BCUT2D eigenvalue weighted by Gasteiger charge is 2.19. The van der Waals surface area contributed by atoms with Gasteiger partial charge in [0, 0.05) is 19.3 Å². The van der Waals surface area contributed by atoms with E-state index in [0.29, 0.717) is 19.3 Å². The first kappa shape index (κ1) is 58.4. The van der Waals surface area contributed by atoms with Crippen LogP contribution in [-0.4, -0.2) is 37.2 Å². The van der Waals surface area contributed by atoms with Crippen molar-refractivity contribution in [1.29, 1.82) is 0 Å². The lowest BCUT2D eigenvalue weighted by Gasteiger charge is -2.18. The van der Waals surface area contributed by atoms with Crippen molar-refractivity contribution in [3.05, 3.63) is 48.6 Å². The highest BCUT2D eigenvalue weighted by Crippen LogP contribution is 2.15. The lowest BCUT2D eigenvalue weighted by Crippen LogP contribution is -2.30. The summed E-state index contributed by atoms with van der Waals surface area (Å²) >= 11 is 0. The molecule has 61 heavy (non-hydrogen) atoms. The minimum Gasteiger partial charge on any atom is -0.462 e. The molecule has 0 radical (unpaired) electrons.